The summed E-state index contributed by atoms with van der Waals surface area (Å²) >= 11 is 24.9. The van der Waals surface area contributed by atoms with Crippen LogP contribution in [-0.4, -0.2) is 19.9 Å². The minimum atomic E-state index is -0.0670. The molecule has 0 amide bonds. The van der Waals surface area contributed by atoms with Crippen molar-refractivity contribution in [2.24, 2.45) is 0 Å². The second kappa shape index (κ2) is 8.95. The lowest BCUT2D eigenvalue weighted by Crippen LogP contribution is -2.41. The number of halogens is 4. The van der Waals surface area contributed by atoms with Gasteiger partial charge >= 0.3 is 0 Å². The number of aromatic nitrogens is 4. The summed E-state index contributed by atoms with van der Waals surface area (Å²) in [6.45, 7) is 0. The fourth-order valence-corrected chi connectivity index (χ4v) is 5.67. The van der Waals surface area contributed by atoms with Crippen LogP contribution in [0.3, 0.4) is 0 Å². The number of hydrogen-bond acceptors (Lipinski definition) is 4. The Kier molecular flexibility index (Phi) is 6.04. The zero-order valence-electron chi connectivity index (χ0n) is 16.5. The molecular formula is C24H16Cl4N4. The van der Waals surface area contributed by atoms with E-state index in [1.807, 2.05) is 36.4 Å². The van der Waals surface area contributed by atoms with Gasteiger partial charge in [-0.05, 0) is 46.5 Å². The van der Waals surface area contributed by atoms with Crippen LogP contribution in [0, 0.1) is 0 Å². The van der Waals surface area contributed by atoms with Crippen molar-refractivity contribution in [2.45, 2.75) is 23.7 Å². The molecule has 0 N–H and O–H groups in total. The molecule has 4 aromatic rings. The van der Waals surface area contributed by atoms with E-state index < -0.39 is 0 Å². The van der Waals surface area contributed by atoms with Crippen LogP contribution in [0.25, 0.3) is 0 Å². The fourth-order valence-electron chi connectivity index (χ4n) is 4.82. The molecule has 4 nitrogen and oxygen atoms in total. The molecule has 1 fully saturated rings. The van der Waals surface area contributed by atoms with Crippen molar-refractivity contribution in [1.29, 1.82) is 0 Å². The SMILES string of the molecule is Clc1cc([C@@H]2[C@@H](c3ccccc3)[C@@H](c3ccccc3)[C@@H]2c2cc(Cl)nc(Cl)n2)nc(Cl)n1. The Bertz CT molecular complexity index is 1110. The summed E-state index contributed by atoms with van der Waals surface area (Å²) in [6, 6.07) is 24.3. The molecule has 5 rings (SSSR count). The maximum atomic E-state index is 6.26. The highest BCUT2D eigenvalue weighted by Crippen LogP contribution is 2.66. The molecular weight excluding hydrogens is 486 g/mol. The van der Waals surface area contributed by atoms with E-state index in [4.69, 9.17) is 46.4 Å². The fraction of sp³-hybridized carbons (Fsp3) is 0.167. The number of benzene rings is 2. The van der Waals surface area contributed by atoms with Gasteiger partial charge in [-0.15, -0.1) is 0 Å². The Morgan fingerprint density at radius 2 is 0.844 bits per heavy atom. The molecule has 0 unspecified atom stereocenters. The number of nitrogens with zero attached hydrogens (tertiary/aromatic N) is 4. The molecule has 32 heavy (non-hydrogen) atoms. The van der Waals surface area contributed by atoms with Crippen LogP contribution in [0.4, 0.5) is 0 Å². The van der Waals surface area contributed by atoms with Crippen LogP contribution in [-0.2, 0) is 0 Å². The lowest BCUT2D eigenvalue weighted by molar-refractivity contribution is 0.220. The van der Waals surface area contributed by atoms with Crippen molar-refractivity contribution in [3.63, 3.8) is 0 Å². The zero-order chi connectivity index (χ0) is 22.2. The average molecular weight is 502 g/mol. The molecule has 0 bridgehead atoms. The van der Waals surface area contributed by atoms with Gasteiger partial charge in [0.1, 0.15) is 10.3 Å². The third-order valence-corrected chi connectivity index (χ3v) is 6.70. The Balaban J connectivity index is 1.72. The minimum absolute atomic E-state index is 0.0670. The first-order chi connectivity index (χ1) is 15.5. The Morgan fingerprint density at radius 3 is 1.19 bits per heavy atom. The molecule has 0 radical (unpaired) electrons. The Labute approximate surface area is 205 Å². The van der Waals surface area contributed by atoms with Crippen LogP contribution in [0.1, 0.15) is 46.2 Å². The molecule has 160 valence electrons. The van der Waals surface area contributed by atoms with Crippen LogP contribution < -0.4 is 0 Å². The molecule has 1 saturated carbocycles. The van der Waals surface area contributed by atoms with Crippen molar-refractivity contribution in [2.75, 3.05) is 0 Å². The van der Waals surface area contributed by atoms with Crippen LogP contribution in [0.15, 0.2) is 72.8 Å². The van der Waals surface area contributed by atoms with Crippen LogP contribution in [0.5, 0.6) is 0 Å². The minimum Gasteiger partial charge on any atom is -0.223 e. The molecule has 2 heterocycles. The van der Waals surface area contributed by atoms with E-state index in [-0.39, 0.29) is 34.2 Å². The molecule has 1 aliphatic carbocycles. The summed E-state index contributed by atoms with van der Waals surface area (Å²) in [5, 5.41) is 0.819. The first-order valence-electron chi connectivity index (χ1n) is 10.0. The van der Waals surface area contributed by atoms with Gasteiger partial charge in [0.2, 0.25) is 10.6 Å². The van der Waals surface area contributed by atoms with Gasteiger partial charge < -0.3 is 0 Å². The molecule has 2 aromatic heterocycles. The maximum absolute atomic E-state index is 6.26. The van der Waals surface area contributed by atoms with Gasteiger partial charge in [0.15, 0.2) is 0 Å². The van der Waals surface area contributed by atoms with Crippen molar-refractivity contribution in [3.05, 3.63) is 116 Å². The second-order valence-electron chi connectivity index (χ2n) is 7.69. The average Bonchev–Trinajstić information content (AvgIpc) is 2.73. The quantitative estimate of drug-likeness (QED) is 0.217. The number of rotatable bonds is 4. The summed E-state index contributed by atoms with van der Waals surface area (Å²) < 4.78 is 0. The Morgan fingerprint density at radius 1 is 0.469 bits per heavy atom. The van der Waals surface area contributed by atoms with Gasteiger partial charge in [-0.3, -0.25) is 0 Å². The van der Waals surface area contributed by atoms with E-state index in [9.17, 15) is 0 Å². The van der Waals surface area contributed by atoms with Gasteiger partial charge in [-0.1, -0.05) is 83.9 Å². The van der Waals surface area contributed by atoms with Crippen LogP contribution >= 0.6 is 46.4 Å². The van der Waals surface area contributed by atoms with Crippen molar-refractivity contribution in [1.82, 2.24) is 19.9 Å². The van der Waals surface area contributed by atoms with E-state index in [0.717, 1.165) is 11.4 Å². The lowest BCUT2D eigenvalue weighted by atomic mass is 9.50. The van der Waals surface area contributed by atoms with Gasteiger partial charge in [-0.2, -0.15) is 0 Å². The van der Waals surface area contributed by atoms with Gasteiger partial charge in [0, 0.05) is 23.7 Å². The second-order valence-corrected chi connectivity index (χ2v) is 9.14. The van der Waals surface area contributed by atoms with Crippen molar-refractivity contribution < 1.29 is 0 Å². The van der Waals surface area contributed by atoms with Crippen LogP contribution in [0.2, 0.25) is 20.9 Å². The van der Waals surface area contributed by atoms with Gasteiger partial charge in [0.05, 0.1) is 11.4 Å². The highest BCUT2D eigenvalue weighted by Gasteiger charge is 2.54. The molecule has 1 aliphatic rings. The van der Waals surface area contributed by atoms with E-state index in [1.54, 1.807) is 12.1 Å². The lowest BCUT2D eigenvalue weighted by Gasteiger charge is -2.52. The first kappa shape index (κ1) is 21.6. The van der Waals surface area contributed by atoms with Gasteiger partial charge in [-0.25, -0.2) is 19.9 Å². The summed E-state index contributed by atoms with van der Waals surface area (Å²) in [5.74, 6) is 0.0848. The number of hydrogen-bond donors (Lipinski definition) is 0. The molecule has 4 atom stereocenters. The third-order valence-electron chi connectivity index (χ3n) is 5.97. The summed E-state index contributed by atoms with van der Waals surface area (Å²) in [6.07, 6.45) is 0. The predicted molar refractivity (Wildman–Crippen MR) is 128 cm³/mol. The summed E-state index contributed by atoms with van der Waals surface area (Å²) in [7, 11) is 0. The highest BCUT2D eigenvalue weighted by molar-refractivity contribution is 6.32. The van der Waals surface area contributed by atoms with E-state index in [0.29, 0.717) is 10.3 Å². The van der Waals surface area contributed by atoms with Gasteiger partial charge in [0.25, 0.3) is 0 Å². The molecule has 0 saturated heterocycles. The van der Waals surface area contributed by atoms with E-state index in [1.165, 1.54) is 11.1 Å². The highest BCUT2D eigenvalue weighted by atomic mass is 35.5. The topological polar surface area (TPSA) is 51.6 Å². The molecule has 0 aliphatic heterocycles. The molecule has 2 aromatic carbocycles. The van der Waals surface area contributed by atoms with Crippen molar-refractivity contribution in [3.8, 4) is 0 Å². The Hall–Kier alpha value is -2.24. The third kappa shape index (κ3) is 4.08. The predicted octanol–water partition coefficient (Wildman–Crippen LogP) is 7.33. The van der Waals surface area contributed by atoms with E-state index in [2.05, 4.69) is 44.2 Å². The maximum Gasteiger partial charge on any atom is 0.224 e. The summed E-state index contributed by atoms with van der Waals surface area (Å²) in [4.78, 5) is 17.1. The first-order valence-corrected chi connectivity index (χ1v) is 11.5. The summed E-state index contributed by atoms with van der Waals surface area (Å²) in [5.41, 5.74) is 3.90. The zero-order valence-corrected chi connectivity index (χ0v) is 19.6. The monoisotopic (exact) mass is 500 g/mol. The smallest absolute Gasteiger partial charge is 0.223 e. The molecule has 0 spiro atoms. The molecule has 8 heteroatoms. The van der Waals surface area contributed by atoms with E-state index >= 15 is 0 Å². The van der Waals surface area contributed by atoms with Crippen molar-refractivity contribution >= 4 is 46.4 Å². The normalized spacial score (nSPS) is 22.4. The standard InChI is InChI=1S/C24H16Cl4N4/c25-17-11-15(29-23(27)31-17)21-19(13-7-3-1-4-8-13)20(14-9-5-2-6-10-14)22(21)16-12-18(26)32-24(28)30-16/h1-12,19-22H/t19-,20+,21+,22-. The largest absolute Gasteiger partial charge is 0.224 e.